The average molecular weight is 197 g/mol. The van der Waals surface area contributed by atoms with Gasteiger partial charge in [-0.25, -0.2) is 0 Å². The van der Waals surface area contributed by atoms with E-state index >= 15 is 0 Å². The van der Waals surface area contributed by atoms with E-state index in [1.54, 1.807) is 0 Å². The minimum absolute atomic E-state index is 0.0177. The quantitative estimate of drug-likeness (QED) is 0.686. The van der Waals surface area contributed by atoms with Gasteiger partial charge in [-0.05, 0) is 19.9 Å². The molecular formula is C10H19N3O. The first-order chi connectivity index (χ1) is 6.77. The van der Waals surface area contributed by atoms with E-state index in [9.17, 15) is 0 Å². The van der Waals surface area contributed by atoms with E-state index in [-0.39, 0.29) is 12.6 Å². The predicted octanol–water partition coefficient (Wildman–Crippen LogP) is -0.102. The highest BCUT2D eigenvalue weighted by Gasteiger charge is 2.17. The van der Waals surface area contributed by atoms with Crippen LogP contribution in [-0.2, 0) is 0 Å². The van der Waals surface area contributed by atoms with Crippen LogP contribution in [0, 0.1) is 11.3 Å². The van der Waals surface area contributed by atoms with Gasteiger partial charge in [0.15, 0.2) is 0 Å². The van der Waals surface area contributed by atoms with Gasteiger partial charge in [-0.3, -0.25) is 9.80 Å². The monoisotopic (exact) mass is 197 g/mol. The third-order valence-electron chi connectivity index (χ3n) is 2.77. The largest absolute Gasteiger partial charge is 0.395 e. The summed E-state index contributed by atoms with van der Waals surface area (Å²) in [6, 6.07) is 2.28. The van der Waals surface area contributed by atoms with Crippen molar-refractivity contribution in [1.82, 2.24) is 9.80 Å². The van der Waals surface area contributed by atoms with Crippen molar-refractivity contribution in [3.8, 4) is 6.07 Å². The Kier molecular flexibility index (Phi) is 4.88. The average Bonchev–Trinajstić information content (AvgIpc) is 2.43. The number of rotatable bonds is 3. The van der Waals surface area contributed by atoms with Gasteiger partial charge in [0.05, 0.1) is 18.7 Å². The lowest BCUT2D eigenvalue weighted by molar-refractivity contribution is 0.193. The fourth-order valence-electron chi connectivity index (χ4n) is 1.82. The lowest BCUT2D eigenvalue weighted by Crippen LogP contribution is -2.36. The molecule has 0 spiro atoms. The second-order valence-corrected chi connectivity index (χ2v) is 3.76. The maximum Gasteiger partial charge on any atom is 0.0949 e. The number of hydrogen-bond donors (Lipinski definition) is 1. The lowest BCUT2D eigenvalue weighted by atomic mass is 10.3. The highest BCUT2D eigenvalue weighted by molar-refractivity contribution is 4.89. The molecule has 1 atom stereocenters. The maximum absolute atomic E-state index is 8.82. The van der Waals surface area contributed by atoms with Gasteiger partial charge in [0.1, 0.15) is 0 Å². The van der Waals surface area contributed by atoms with E-state index in [2.05, 4.69) is 15.9 Å². The zero-order valence-corrected chi connectivity index (χ0v) is 8.82. The Bertz CT molecular complexity index is 202. The van der Waals surface area contributed by atoms with Gasteiger partial charge in [-0.1, -0.05) is 0 Å². The summed E-state index contributed by atoms with van der Waals surface area (Å²) in [5.41, 5.74) is 0. The summed E-state index contributed by atoms with van der Waals surface area (Å²) in [6.07, 6.45) is 1.09. The van der Waals surface area contributed by atoms with Crippen molar-refractivity contribution in [3.05, 3.63) is 0 Å². The van der Waals surface area contributed by atoms with Crippen LogP contribution in [0.1, 0.15) is 13.3 Å². The Morgan fingerprint density at radius 3 is 2.79 bits per heavy atom. The molecule has 1 saturated heterocycles. The van der Waals surface area contributed by atoms with Crippen molar-refractivity contribution in [2.45, 2.75) is 19.4 Å². The summed E-state index contributed by atoms with van der Waals surface area (Å²) in [4.78, 5) is 4.46. The Balaban J connectivity index is 2.37. The van der Waals surface area contributed by atoms with Gasteiger partial charge in [-0.15, -0.1) is 0 Å². The number of nitrogens with zero attached hydrogens (tertiary/aromatic N) is 3. The van der Waals surface area contributed by atoms with Crippen molar-refractivity contribution < 1.29 is 5.11 Å². The molecule has 0 amide bonds. The van der Waals surface area contributed by atoms with E-state index in [4.69, 9.17) is 10.4 Å². The molecule has 0 aromatic rings. The molecule has 1 aliphatic heterocycles. The second kappa shape index (κ2) is 5.97. The molecule has 0 aromatic carbocycles. The van der Waals surface area contributed by atoms with Gasteiger partial charge in [0.2, 0.25) is 0 Å². The zero-order valence-electron chi connectivity index (χ0n) is 8.82. The molecule has 0 saturated carbocycles. The Morgan fingerprint density at radius 2 is 2.14 bits per heavy atom. The Labute approximate surface area is 85.7 Å². The molecule has 1 rings (SSSR count). The number of β-amino-alcohol motifs (C(OH)–C–C–N with tert-alkyl or cyclic N) is 1. The second-order valence-electron chi connectivity index (χ2n) is 3.76. The molecule has 1 aliphatic rings. The lowest BCUT2D eigenvalue weighted by Gasteiger charge is -2.22. The van der Waals surface area contributed by atoms with E-state index in [1.807, 2.05) is 6.92 Å². The Hall–Kier alpha value is -0.630. The SMILES string of the molecule is CC(C#N)N1CCCN(CCO)CC1. The number of aliphatic hydroxyl groups is 1. The molecule has 0 radical (unpaired) electrons. The van der Waals surface area contributed by atoms with Crippen molar-refractivity contribution in [2.24, 2.45) is 0 Å². The van der Waals surface area contributed by atoms with Crippen molar-refractivity contribution in [1.29, 1.82) is 5.26 Å². The van der Waals surface area contributed by atoms with Gasteiger partial charge < -0.3 is 5.11 Å². The van der Waals surface area contributed by atoms with Gasteiger partial charge in [-0.2, -0.15) is 5.26 Å². The fourth-order valence-corrected chi connectivity index (χ4v) is 1.82. The highest BCUT2D eigenvalue weighted by atomic mass is 16.3. The number of hydrogen-bond acceptors (Lipinski definition) is 4. The number of aliphatic hydroxyl groups excluding tert-OH is 1. The molecule has 1 unspecified atom stereocenters. The number of nitriles is 1. The van der Waals surface area contributed by atoms with E-state index < -0.39 is 0 Å². The van der Waals surface area contributed by atoms with Crippen LogP contribution in [0.5, 0.6) is 0 Å². The molecule has 1 N–H and O–H groups in total. The summed E-state index contributed by atoms with van der Waals surface area (Å²) >= 11 is 0. The van der Waals surface area contributed by atoms with Gasteiger partial charge in [0.25, 0.3) is 0 Å². The van der Waals surface area contributed by atoms with Crippen LogP contribution in [0.25, 0.3) is 0 Å². The third kappa shape index (κ3) is 3.26. The van der Waals surface area contributed by atoms with E-state index in [0.717, 1.165) is 39.1 Å². The van der Waals surface area contributed by atoms with Crippen LogP contribution in [0.15, 0.2) is 0 Å². The first-order valence-electron chi connectivity index (χ1n) is 5.25. The van der Waals surface area contributed by atoms with Crippen LogP contribution in [-0.4, -0.2) is 60.3 Å². The molecule has 0 aromatic heterocycles. The highest BCUT2D eigenvalue weighted by Crippen LogP contribution is 2.05. The standard InChI is InChI=1S/C10H19N3O/c1-10(9-11)13-4-2-3-12(5-6-13)7-8-14/h10,14H,2-8H2,1H3. The molecular weight excluding hydrogens is 178 g/mol. The van der Waals surface area contributed by atoms with Crippen LogP contribution in [0.4, 0.5) is 0 Å². The molecule has 0 bridgehead atoms. The summed E-state index contributed by atoms with van der Waals surface area (Å²) in [6.45, 7) is 6.87. The smallest absolute Gasteiger partial charge is 0.0949 e. The van der Waals surface area contributed by atoms with Gasteiger partial charge >= 0.3 is 0 Å². The Morgan fingerprint density at radius 1 is 1.36 bits per heavy atom. The molecule has 1 fully saturated rings. The van der Waals surface area contributed by atoms with Gasteiger partial charge in [0, 0.05) is 26.2 Å². The maximum atomic E-state index is 8.82. The molecule has 1 heterocycles. The first-order valence-corrected chi connectivity index (χ1v) is 5.25. The van der Waals surface area contributed by atoms with Crippen LogP contribution in [0.3, 0.4) is 0 Å². The van der Waals surface area contributed by atoms with Crippen LogP contribution >= 0.6 is 0 Å². The minimum Gasteiger partial charge on any atom is -0.395 e. The molecule has 14 heavy (non-hydrogen) atoms. The normalized spacial score (nSPS) is 22.6. The molecule has 0 aliphatic carbocycles. The van der Waals surface area contributed by atoms with E-state index in [1.165, 1.54) is 0 Å². The minimum atomic E-state index is 0.0177. The molecule has 80 valence electrons. The van der Waals surface area contributed by atoms with Crippen molar-refractivity contribution in [2.75, 3.05) is 39.3 Å². The van der Waals surface area contributed by atoms with Crippen molar-refractivity contribution >= 4 is 0 Å². The third-order valence-corrected chi connectivity index (χ3v) is 2.77. The van der Waals surface area contributed by atoms with Crippen LogP contribution < -0.4 is 0 Å². The molecule has 4 heteroatoms. The van der Waals surface area contributed by atoms with Crippen molar-refractivity contribution in [3.63, 3.8) is 0 Å². The molecule has 4 nitrogen and oxygen atoms in total. The fraction of sp³-hybridized carbons (Fsp3) is 0.900. The summed E-state index contributed by atoms with van der Waals surface area (Å²) in [7, 11) is 0. The van der Waals surface area contributed by atoms with E-state index in [0.29, 0.717) is 0 Å². The zero-order chi connectivity index (χ0) is 10.4. The van der Waals surface area contributed by atoms with Crippen LogP contribution in [0.2, 0.25) is 0 Å². The summed E-state index contributed by atoms with van der Waals surface area (Å²) in [5.74, 6) is 0. The predicted molar refractivity (Wildman–Crippen MR) is 54.8 cm³/mol. The topological polar surface area (TPSA) is 50.5 Å². The summed E-state index contributed by atoms with van der Waals surface area (Å²) < 4.78 is 0. The summed E-state index contributed by atoms with van der Waals surface area (Å²) in [5, 5.41) is 17.6. The first kappa shape index (κ1) is 11.4.